The van der Waals surface area contributed by atoms with Crippen molar-refractivity contribution in [2.75, 3.05) is 14.2 Å². The number of aromatic nitrogens is 2. The van der Waals surface area contributed by atoms with Gasteiger partial charge in [-0.05, 0) is 34.9 Å². The molecule has 3 aromatic carbocycles. The Morgan fingerprint density at radius 1 is 1.03 bits per heavy atom. The van der Waals surface area contributed by atoms with E-state index in [2.05, 4.69) is 15.3 Å². The lowest BCUT2D eigenvalue weighted by molar-refractivity contribution is 0.0946. The lowest BCUT2D eigenvalue weighted by Gasteiger charge is -2.22. The van der Waals surface area contributed by atoms with E-state index in [0.717, 1.165) is 21.9 Å². The van der Waals surface area contributed by atoms with Crippen LogP contribution >= 0.6 is 11.3 Å². The molecule has 7 nitrogen and oxygen atoms in total. The van der Waals surface area contributed by atoms with Gasteiger partial charge in [0.15, 0.2) is 5.82 Å². The molecule has 8 heteroatoms. The number of fused-ring (bicyclic) bond motifs is 2. The molecule has 2 aromatic heterocycles. The van der Waals surface area contributed by atoms with Crippen LogP contribution in [0.15, 0.2) is 66.7 Å². The van der Waals surface area contributed by atoms with Crippen LogP contribution in [-0.2, 0) is 11.3 Å². The van der Waals surface area contributed by atoms with Gasteiger partial charge in [-0.15, -0.1) is 11.3 Å². The van der Waals surface area contributed by atoms with Crippen LogP contribution in [0.2, 0.25) is 0 Å². The number of aromatic hydroxyl groups is 1. The van der Waals surface area contributed by atoms with Crippen molar-refractivity contribution < 1.29 is 19.4 Å². The lowest BCUT2D eigenvalue weighted by Crippen LogP contribution is -2.29. The van der Waals surface area contributed by atoms with Gasteiger partial charge in [0.25, 0.3) is 5.91 Å². The van der Waals surface area contributed by atoms with E-state index in [1.807, 2.05) is 67.6 Å². The summed E-state index contributed by atoms with van der Waals surface area (Å²) in [5.41, 5.74) is 2.24. The zero-order valence-electron chi connectivity index (χ0n) is 20.1. The Labute approximate surface area is 212 Å². The Morgan fingerprint density at radius 2 is 1.78 bits per heavy atom. The number of phenols is 1. The first-order valence-electron chi connectivity index (χ1n) is 11.4. The molecule has 0 aliphatic heterocycles. The number of ether oxygens (including phenoxy) is 2. The van der Waals surface area contributed by atoms with Gasteiger partial charge in [-0.25, -0.2) is 4.98 Å². The molecule has 0 saturated heterocycles. The van der Waals surface area contributed by atoms with Gasteiger partial charge < -0.3 is 19.9 Å². The fourth-order valence-electron chi connectivity index (χ4n) is 4.45. The summed E-state index contributed by atoms with van der Waals surface area (Å²) in [4.78, 5) is 23.9. The van der Waals surface area contributed by atoms with Gasteiger partial charge in [-0.3, -0.25) is 4.79 Å². The summed E-state index contributed by atoms with van der Waals surface area (Å²) < 4.78 is 10.7. The number of benzene rings is 3. The first kappa shape index (κ1) is 23.7. The van der Waals surface area contributed by atoms with E-state index in [4.69, 9.17) is 9.47 Å². The molecule has 1 atom stereocenters. The molecular weight excluding hydrogens is 474 g/mol. The smallest absolute Gasteiger partial charge is 0.262 e. The van der Waals surface area contributed by atoms with Crippen molar-refractivity contribution in [3.8, 4) is 11.6 Å². The number of nitrogens with zero attached hydrogens (tertiary/aromatic N) is 2. The van der Waals surface area contributed by atoms with Gasteiger partial charge in [-0.1, -0.05) is 60.7 Å². The third-order valence-electron chi connectivity index (χ3n) is 6.12. The minimum Gasteiger partial charge on any atom is -0.508 e. The average Bonchev–Trinajstić information content (AvgIpc) is 3.24. The Morgan fingerprint density at radius 3 is 2.53 bits per heavy atom. The third kappa shape index (κ3) is 4.25. The summed E-state index contributed by atoms with van der Waals surface area (Å²) in [6, 6.07) is 20.4. The molecule has 1 unspecified atom stereocenters. The van der Waals surface area contributed by atoms with Crippen molar-refractivity contribution in [3.63, 3.8) is 0 Å². The molecule has 0 aliphatic carbocycles. The normalized spacial score (nSPS) is 12.1. The maximum atomic E-state index is 13.8. The number of nitrogens with one attached hydrogen (secondary N) is 1. The zero-order chi connectivity index (χ0) is 25.2. The van der Waals surface area contributed by atoms with Crippen LogP contribution in [0.1, 0.15) is 38.2 Å². The number of aryl methyl sites for hydroxylation is 1. The molecule has 0 aliphatic rings. The fourth-order valence-corrected chi connectivity index (χ4v) is 5.55. The van der Waals surface area contributed by atoms with Crippen LogP contribution in [0.3, 0.4) is 0 Å². The number of hydrogen-bond donors (Lipinski definition) is 2. The van der Waals surface area contributed by atoms with Crippen molar-refractivity contribution in [2.45, 2.75) is 19.6 Å². The monoisotopic (exact) mass is 499 g/mol. The van der Waals surface area contributed by atoms with Gasteiger partial charge in [0.05, 0.1) is 23.4 Å². The second kappa shape index (κ2) is 9.93. The van der Waals surface area contributed by atoms with Crippen LogP contribution in [0, 0.1) is 6.92 Å². The largest absolute Gasteiger partial charge is 0.508 e. The van der Waals surface area contributed by atoms with Crippen molar-refractivity contribution in [1.82, 2.24) is 15.3 Å². The van der Waals surface area contributed by atoms with Gasteiger partial charge in [0, 0.05) is 12.7 Å². The van der Waals surface area contributed by atoms with E-state index in [1.165, 1.54) is 11.3 Å². The number of rotatable bonds is 7. The minimum absolute atomic E-state index is 0.118. The summed E-state index contributed by atoms with van der Waals surface area (Å²) in [6.07, 6.45) is 0. The molecule has 182 valence electrons. The molecule has 0 saturated carbocycles. The minimum atomic E-state index is -0.577. The molecule has 5 aromatic rings. The summed E-state index contributed by atoms with van der Waals surface area (Å²) in [7, 11) is 3.12. The lowest BCUT2D eigenvalue weighted by atomic mass is 9.92. The maximum absolute atomic E-state index is 13.8. The molecule has 2 N–H and O–H groups in total. The number of thiophene rings is 1. The Balaban J connectivity index is 1.62. The summed E-state index contributed by atoms with van der Waals surface area (Å²) in [5.74, 6) is 0.740. The van der Waals surface area contributed by atoms with Crippen molar-refractivity contribution in [3.05, 3.63) is 94.1 Å². The average molecular weight is 500 g/mol. The first-order valence-corrected chi connectivity index (χ1v) is 12.2. The molecule has 0 radical (unpaired) electrons. The van der Waals surface area contributed by atoms with E-state index < -0.39 is 6.04 Å². The number of amides is 1. The number of carbonyl (C=O) groups excluding carboxylic acids is 1. The van der Waals surface area contributed by atoms with E-state index in [-0.39, 0.29) is 18.3 Å². The van der Waals surface area contributed by atoms with E-state index in [1.54, 1.807) is 20.3 Å². The fraction of sp³-hybridized carbons (Fsp3) is 0.179. The molecule has 36 heavy (non-hydrogen) atoms. The summed E-state index contributed by atoms with van der Waals surface area (Å²) in [6.45, 7) is 2.10. The topological polar surface area (TPSA) is 93.6 Å². The SMILES string of the molecule is COCc1nc(OC)c2c(C)c(C(=O)NC(c3ccccc3)c3c(O)ccc4ccccc34)sc2n1. The predicted molar refractivity (Wildman–Crippen MR) is 141 cm³/mol. The van der Waals surface area contributed by atoms with Crippen LogP contribution in [-0.4, -0.2) is 35.2 Å². The zero-order valence-corrected chi connectivity index (χ0v) is 20.9. The van der Waals surface area contributed by atoms with E-state index in [0.29, 0.717) is 32.4 Å². The van der Waals surface area contributed by atoms with Crippen molar-refractivity contribution >= 4 is 38.2 Å². The van der Waals surface area contributed by atoms with Crippen molar-refractivity contribution in [1.29, 1.82) is 0 Å². The highest BCUT2D eigenvalue weighted by atomic mass is 32.1. The highest BCUT2D eigenvalue weighted by molar-refractivity contribution is 7.20. The first-order chi connectivity index (χ1) is 17.5. The Hall–Kier alpha value is -4.01. The highest BCUT2D eigenvalue weighted by Gasteiger charge is 2.26. The molecular formula is C28H25N3O4S. The number of hydrogen-bond acceptors (Lipinski definition) is 7. The third-order valence-corrected chi connectivity index (χ3v) is 7.31. The highest BCUT2D eigenvalue weighted by Crippen LogP contribution is 2.38. The molecule has 2 heterocycles. The Bertz CT molecular complexity index is 1570. The summed E-state index contributed by atoms with van der Waals surface area (Å²) in [5, 5.41) is 16.7. The standard InChI is InChI=1S/C28H25N3O4S/c1-16-22-27(35-3)29-21(15-34-2)30-28(22)36-25(16)26(33)31-24(18-10-5-4-6-11-18)23-19-12-8-7-9-17(19)13-14-20(23)32/h4-14,24,32H,15H2,1-3H3,(H,31,33). The number of carbonyl (C=O) groups is 1. The van der Waals surface area contributed by atoms with Gasteiger partial charge in [-0.2, -0.15) is 4.98 Å². The molecule has 0 bridgehead atoms. The number of methoxy groups -OCH3 is 2. The quantitative estimate of drug-likeness (QED) is 0.306. The van der Waals surface area contributed by atoms with Gasteiger partial charge in [0.1, 0.15) is 17.2 Å². The van der Waals surface area contributed by atoms with Crippen LogP contribution in [0.4, 0.5) is 0 Å². The van der Waals surface area contributed by atoms with Crippen LogP contribution < -0.4 is 10.1 Å². The van der Waals surface area contributed by atoms with E-state index >= 15 is 0 Å². The van der Waals surface area contributed by atoms with Gasteiger partial charge in [0.2, 0.25) is 5.88 Å². The number of phenolic OH excluding ortho intramolecular Hbond substituents is 1. The van der Waals surface area contributed by atoms with Crippen molar-refractivity contribution in [2.24, 2.45) is 0 Å². The molecule has 0 spiro atoms. The maximum Gasteiger partial charge on any atom is 0.262 e. The second-order valence-electron chi connectivity index (χ2n) is 8.36. The van der Waals surface area contributed by atoms with E-state index in [9.17, 15) is 9.90 Å². The predicted octanol–water partition coefficient (Wildman–Crippen LogP) is 5.53. The molecule has 0 fully saturated rings. The molecule has 1 amide bonds. The van der Waals surface area contributed by atoms with Crippen LogP contribution in [0.25, 0.3) is 21.0 Å². The van der Waals surface area contributed by atoms with Crippen LogP contribution in [0.5, 0.6) is 11.6 Å². The second-order valence-corrected chi connectivity index (χ2v) is 9.35. The van der Waals surface area contributed by atoms with Gasteiger partial charge >= 0.3 is 0 Å². The summed E-state index contributed by atoms with van der Waals surface area (Å²) >= 11 is 1.28. The molecule has 5 rings (SSSR count). The Kier molecular flexibility index (Phi) is 6.54.